The molecular formula is C13H15N3O2S2. The smallest absolute Gasteiger partial charge is 0.313 e. The second kappa shape index (κ2) is 6.23. The van der Waals surface area contributed by atoms with Crippen LogP contribution in [-0.4, -0.2) is 34.1 Å². The van der Waals surface area contributed by atoms with Crippen molar-refractivity contribution in [2.24, 2.45) is 0 Å². The molecule has 0 radical (unpaired) electrons. The number of aryl methyl sites for hydroxylation is 2. The van der Waals surface area contributed by atoms with Crippen molar-refractivity contribution in [2.45, 2.75) is 18.2 Å². The summed E-state index contributed by atoms with van der Waals surface area (Å²) in [4.78, 5) is 12.5. The van der Waals surface area contributed by atoms with Crippen molar-refractivity contribution < 1.29 is 9.90 Å². The first kappa shape index (κ1) is 14.8. The summed E-state index contributed by atoms with van der Waals surface area (Å²) in [5.74, 6) is -0.851. The Labute approximate surface area is 125 Å². The van der Waals surface area contributed by atoms with Crippen molar-refractivity contribution in [1.82, 2.24) is 10.2 Å². The van der Waals surface area contributed by atoms with Gasteiger partial charge in [-0.1, -0.05) is 29.2 Å². The molecule has 0 aliphatic heterocycles. The van der Waals surface area contributed by atoms with Gasteiger partial charge in [-0.25, -0.2) is 0 Å². The van der Waals surface area contributed by atoms with E-state index in [4.69, 9.17) is 5.11 Å². The predicted molar refractivity (Wildman–Crippen MR) is 82.2 cm³/mol. The van der Waals surface area contributed by atoms with Gasteiger partial charge in [-0.05, 0) is 37.1 Å². The molecule has 0 bridgehead atoms. The Morgan fingerprint density at radius 3 is 2.55 bits per heavy atom. The van der Waals surface area contributed by atoms with E-state index in [1.807, 2.05) is 11.9 Å². The summed E-state index contributed by atoms with van der Waals surface area (Å²) in [6, 6.07) is 6.28. The third-order valence-electron chi connectivity index (χ3n) is 2.60. The van der Waals surface area contributed by atoms with Gasteiger partial charge in [-0.3, -0.25) is 4.79 Å². The quantitative estimate of drug-likeness (QED) is 0.856. The van der Waals surface area contributed by atoms with Gasteiger partial charge in [-0.15, -0.1) is 10.2 Å². The molecule has 0 fully saturated rings. The summed E-state index contributed by atoms with van der Waals surface area (Å²) in [6.45, 7) is 4.11. The van der Waals surface area contributed by atoms with Crippen molar-refractivity contribution in [2.75, 3.05) is 17.7 Å². The molecule has 7 heteroatoms. The van der Waals surface area contributed by atoms with E-state index in [-0.39, 0.29) is 5.75 Å². The number of aromatic nitrogens is 2. The summed E-state index contributed by atoms with van der Waals surface area (Å²) < 4.78 is 0.665. The fourth-order valence-corrected chi connectivity index (χ4v) is 3.32. The van der Waals surface area contributed by atoms with Crippen LogP contribution in [0.4, 0.5) is 10.8 Å². The zero-order valence-corrected chi connectivity index (χ0v) is 13.1. The second-order valence-corrected chi connectivity index (χ2v) is 6.62. The van der Waals surface area contributed by atoms with Crippen LogP contribution in [0.1, 0.15) is 11.1 Å². The molecular weight excluding hydrogens is 294 g/mol. The number of thioether (sulfide) groups is 1. The zero-order chi connectivity index (χ0) is 14.7. The first-order valence-electron chi connectivity index (χ1n) is 5.96. The number of carbonyl (C=O) groups is 1. The van der Waals surface area contributed by atoms with Crippen LogP contribution < -0.4 is 4.90 Å². The van der Waals surface area contributed by atoms with Crippen LogP contribution in [0.3, 0.4) is 0 Å². The van der Waals surface area contributed by atoms with Crippen molar-refractivity contribution in [3.05, 3.63) is 29.3 Å². The number of nitrogens with zero attached hydrogens (tertiary/aromatic N) is 3. The third-order valence-corrected chi connectivity index (χ3v) is 4.71. The Kier molecular flexibility index (Phi) is 4.61. The van der Waals surface area contributed by atoms with Gasteiger partial charge in [0.25, 0.3) is 0 Å². The van der Waals surface area contributed by atoms with Crippen LogP contribution in [0.2, 0.25) is 0 Å². The molecule has 0 saturated heterocycles. The Morgan fingerprint density at radius 2 is 1.95 bits per heavy atom. The molecule has 0 amide bonds. The van der Waals surface area contributed by atoms with Crippen LogP contribution in [0, 0.1) is 13.8 Å². The number of hydrogen-bond acceptors (Lipinski definition) is 6. The summed E-state index contributed by atoms with van der Waals surface area (Å²) in [7, 11) is 1.93. The molecule has 0 saturated carbocycles. The van der Waals surface area contributed by atoms with Gasteiger partial charge in [0.1, 0.15) is 0 Å². The monoisotopic (exact) mass is 309 g/mol. The van der Waals surface area contributed by atoms with E-state index in [1.165, 1.54) is 34.2 Å². The molecule has 106 valence electrons. The number of rotatable bonds is 5. The average Bonchev–Trinajstić information content (AvgIpc) is 2.83. The Hall–Kier alpha value is -1.60. The van der Waals surface area contributed by atoms with Gasteiger partial charge >= 0.3 is 5.97 Å². The minimum Gasteiger partial charge on any atom is -0.481 e. The fraction of sp³-hybridized carbons (Fsp3) is 0.308. The van der Waals surface area contributed by atoms with E-state index in [0.717, 1.165) is 10.8 Å². The lowest BCUT2D eigenvalue weighted by molar-refractivity contribution is -0.133. The molecule has 0 aliphatic rings. The fourth-order valence-electron chi connectivity index (χ4n) is 1.77. The van der Waals surface area contributed by atoms with E-state index in [9.17, 15) is 4.79 Å². The number of aliphatic carboxylic acids is 1. The lowest BCUT2D eigenvalue weighted by Gasteiger charge is -2.16. The van der Waals surface area contributed by atoms with E-state index >= 15 is 0 Å². The van der Waals surface area contributed by atoms with E-state index in [0.29, 0.717) is 4.34 Å². The van der Waals surface area contributed by atoms with E-state index < -0.39 is 5.97 Å². The van der Waals surface area contributed by atoms with Crippen LogP contribution >= 0.6 is 23.1 Å². The Bertz CT molecular complexity index is 608. The minimum absolute atomic E-state index is 0.00189. The molecule has 5 nitrogen and oxygen atoms in total. The van der Waals surface area contributed by atoms with Crippen LogP contribution in [0.15, 0.2) is 22.5 Å². The maximum absolute atomic E-state index is 10.5. The van der Waals surface area contributed by atoms with Crippen LogP contribution in [-0.2, 0) is 4.79 Å². The highest BCUT2D eigenvalue weighted by Crippen LogP contribution is 2.31. The number of anilines is 2. The number of carboxylic acid groups (broad SMARTS) is 1. The highest BCUT2D eigenvalue weighted by Gasteiger charge is 2.12. The molecule has 1 aromatic heterocycles. The van der Waals surface area contributed by atoms with Crippen molar-refractivity contribution in [1.29, 1.82) is 0 Å². The molecule has 0 spiro atoms. The number of carboxylic acids is 1. The van der Waals surface area contributed by atoms with Crippen LogP contribution in [0.5, 0.6) is 0 Å². The molecule has 2 aromatic rings. The van der Waals surface area contributed by atoms with Gasteiger partial charge in [0.15, 0.2) is 4.34 Å². The van der Waals surface area contributed by atoms with Crippen molar-refractivity contribution in [3.63, 3.8) is 0 Å². The van der Waals surface area contributed by atoms with Gasteiger partial charge in [0, 0.05) is 12.7 Å². The number of hydrogen-bond donors (Lipinski definition) is 1. The molecule has 1 heterocycles. The third kappa shape index (κ3) is 3.71. The molecule has 0 atom stereocenters. The lowest BCUT2D eigenvalue weighted by atomic mass is 10.1. The average molecular weight is 309 g/mol. The van der Waals surface area contributed by atoms with Gasteiger partial charge in [0.2, 0.25) is 5.13 Å². The molecule has 1 aromatic carbocycles. The van der Waals surface area contributed by atoms with Crippen molar-refractivity contribution >= 4 is 39.9 Å². The standard InChI is InChI=1S/C13H15N3O2S2/c1-8-4-9(2)6-10(5-8)16(3)12-14-15-13(20-12)19-7-11(17)18/h4-6H,7H2,1-3H3,(H,17,18). The van der Waals surface area contributed by atoms with Gasteiger partial charge < -0.3 is 10.0 Å². The largest absolute Gasteiger partial charge is 0.481 e. The lowest BCUT2D eigenvalue weighted by Crippen LogP contribution is -2.09. The molecule has 0 aliphatic carbocycles. The molecule has 20 heavy (non-hydrogen) atoms. The molecule has 0 unspecified atom stereocenters. The first-order chi connectivity index (χ1) is 9.45. The van der Waals surface area contributed by atoms with Crippen molar-refractivity contribution in [3.8, 4) is 0 Å². The predicted octanol–water partition coefficient (Wildman–Crippen LogP) is 3.10. The first-order valence-corrected chi connectivity index (χ1v) is 7.76. The summed E-state index contributed by atoms with van der Waals surface area (Å²) in [6.07, 6.45) is 0. The second-order valence-electron chi connectivity index (χ2n) is 4.44. The van der Waals surface area contributed by atoms with Gasteiger partial charge in [-0.2, -0.15) is 0 Å². The highest BCUT2D eigenvalue weighted by molar-refractivity contribution is 8.01. The summed E-state index contributed by atoms with van der Waals surface area (Å²) in [5, 5.41) is 17.5. The molecule has 2 rings (SSSR count). The summed E-state index contributed by atoms with van der Waals surface area (Å²) in [5.41, 5.74) is 3.43. The van der Waals surface area contributed by atoms with Gasteiger partial charge in [0.05, 0.1) is 5.75 Å². The topological polar surface area (TPSA) is 66.3 Å². The maximum Gasteiger partial charge on any atom is 0.313 e. The maximum atomic E-state index is 10.5. The SMILES string of the molecule is Cc1cc(C)cc(N(C)c2nnc(SCC(=O)O)s2)c1. The number of benzene rings is 1. The van der Waals surface area contributed by atoms with Crippen LogP contribution in [0.25, 0.3) is 0 Å². The Balaban J connectivity index is 2.16. The van der Waals surface area contributed by atoms with E-state index in [1.54, 1.807) is 0 Å². The normalized spacial score (nSPS) is 10.6. The zero-order valence-electron chi connectivity index (χ0n) is 11.5. The van der Waals surface area contributed by atoms with E-state index in [2.05, 4.69) is 42.2 Å². The highest BCUT2D eigenvalue weighted by atomic mass is 32.2. The summed E-state index contributed by atoms with van der Waals surface area (Å²) >= 11 is 2.58. The molecule has 1 N–H and O–H groups in total. The Morgan fingerprint density at radius 1 is 1.30 bits per heavy atom. The minimum atomic E-state index is -0.852.